The summed E-state index contributed by atoms with van der Waals surface area (Å²) in [6, 6.07) is 4.54. The first-order chi connectivity index (χ1) is 5.65. The van der Waals surface area contributed by atoms with Crippen molar-refractivity contribution in [3.05, 3.63) is 23.2 Å². The fourth-order valence-electron chi connectivity index (χ4n) is 0.787. The fourth-order valence-corrected chi connectivity index (χ4v) is 1.58. The number of hydrogen-bond acceptors (Lipinski definition) is 2. The molecule has 0 aliphatic rings. The molecule has 0 aromatic heterocycles. The van der Waals surface area contributed by atoms with E-state index in [1.807, 2.05) is 0 Å². The van der Waals surface area contributed by atoms with Crippen LogP contribution in [0.25, 0.3) is 0 Å². The van der Waals surface area contributed by atoms with Gasteiger partial charge in [0.2, 0.25) is 0 Å². The minimum absolute atomic E-state index is 0. The summed E-state index contributed by atoms with van der Waals surface area (Å²) in [5.74, 6) is 0.361. The molecule has 0 radical (unpaired) electrons. The van der Waals surface area contributed by atoms with Gasteiger partial charge in [-0.1, -0.05) is 11.6 Å². The Bertz CT molecular complexity index is 319. The monoisotopic (exact) mass is 246 g/mol. The summed E-state index contributed by atoms with van der Waals surface area (Å²) in [5, 5.41) is 0.410. The summed E-state index contributed by atoms with van der Waals surface area (Å²) in [7, 11) is 1.43. The zero-order valence-corrected chi connectivity index (χ0v) is 7.85. The number of benzene rings is 1. The summed E-state index contributed by atoms with van der Waals surface area (Å²) in [4.78, 5) is 0.185. The van der Waals surface area contributed by atoms with Gasteiger partial charge in [0, 0.05) is 5.02 Å². The topological polar surface area (TPSA) is 46.5 Å². The van der Waals surface area contributed by atoms with E-state index in [-0.39, 0.29) is 56.3 Å². The van der Waals surface area contributed by atoms with E-state index < -0.39 is 11.1 Å². The molecule has 0 fully saturated rings. The van der Waals surface area contributed by atoms with Crippen molar-refractivity contribution in [2.45, 2.75) is 4.90 Å². The third kappa shape index (κ3) is 3.97. The molecule has 6 heteroatoms. The molecule has 1 unspecified atom stereocenters. The zero-order valence-electron chi connectivity index (χ0n) is 6.28. The predicted octanol–water partition coefficient (Wildman–Crippen LogP) is 1.28. The normalized spacial score (nSPS) is 11.6. The second-order valence-corrected chi connectivity index (χ2v) is 3.42. The number of hydrogen-bond donors (Lipinski definition) is 1. The second-order valence-electron chi connectivity index (χ2n) is 2.04. The van der Waals surface area contributed by atoms with Gasteiger partial charge in [0.1, 0.15) is 10.6 Å². The maximum atomic E-state index is 10.7. The molecule has 13 heavy (non-hydrogen) atoms. The van der Waals surface area contributed by atoms with E-state index in [9.17, 15) is 4.21 Å². The molecule has 0 saturated heterocycles. The van der Waals surface area contributed by atoms with Gasteiger partial charge in [-0.05, 0) is 18.2 Å². The quantitative estimate of drug-likeness (QED) is 0.632. The van der Waals surface area contributed by atoms with Crippen LogP contribution < -0.4 is 4.74 Å². The molecule has 1 aromatic rings. The van der Waals surface area contributed by atoms with Crippen LogP contribution in [0.1, 0.15) is 0 Å². The number of rotatable bonds is 2. The van der Waals surface area contributed by atoms with Gasteiger partial charge in [0.15, 0.2) is 11.1 Å². The first-order valence-corrected chi connectivity index (χ1v) is 4.58. The Morgan fingerprint density at radius 3 is 2.62 bits per heavy atom. The van der Waals surface area contributed by atoms with E-state index in [1.165, 1.54) is 13.2 Å². The van der Waals surface area contributed by atoms with Crippen LogP contribution in [0.15, 0.2) is 23.1 Å². The second kappa shape index (κ2) is 6.52. The molecule has 1 aromatic carbocycles. The van der Waals surface area contributed by atoms with Gasteiger partial charge in [-0.25, -0.2) is 4.21 Å². The van der Waals surface area contributed by atoms with E-state index in [1.54, 1.807) is 12.1 Å². The molecule has 0 aliphatic heterocycles. The van der Waals surface area contributed by atoms with Crippen molar-refractivity contribution >= 4 is 74.1 Å². The third-order valence-electron chi connectivity index (χ3n) is 1.31. The average Bonchev–Trinajstić information content (AvgIpc) is 2.04. The van der Waals surface area contributed by atoms with Gasteiger partial charge in [0.25, 0.3) is 0 Å². The molecule has 0 saturated carbocycles. The number of ether oxygens (including phenoxy) is 1. The van der Waals surface area contributed by atoms with E-state index in [2.05, 4.69) is 0 Å². The fraction of sp³-hybridized carbons (Fsp3) is 0.143. The molecule has 0 spiro atoms. The van der Waals surface area contributed by atoms with Gasteiger partial charge in [-0.2, -0.15) is 0 Å². The van der Waals surface area contributed by atoms with Crippen molar-refractivity contribution in [1.29, 1.82) is 0 Å². The molecule has 0 heterocycles. The van der Waals surface area contributed by atoms with Gasteiger partial charge in [-0.3, -0.25) is 0 Å². The van der Waals surface area contributed by atoms with Crippen molar-refractivity contribution in [2.24, 2.45) is 0 Å². The summed E-state index contributed by atoms with van der Waals surface area (Å²) in [5.41, 5.74) is 0. The van der Waals surface area contributed by atoms with Crippen molar-refractivity contribution < 1.29 is 13.5 Å². The Hall–Kier alpha value is 1.06. The van der Waals surface area contributed by atoms with Crippen LogP contribution in [0.5, 0.6) is 5.75 Å². The molecule has 68 valence electrons. The molecule has 0 aliphatic carbocycles. The SMILES string of the molecule is COc1ccc(Cl)cc1S(=O)O.[KH]. The van der Waals surface area contributed by atoms with Crippen LogP contribution >= 0.6 is 11.6 Å². The van der Waals surface area contributed by atoms with Crippen LogP contribution in [0.4, 0.5) is 0 Å². The van der Waals surface area contributed by atoms with Crippen LogP contribution in [-0.4, -0.2) is 67.3 Å². The van der Waals surface area contributed by atoms with E-state index in [4.69, 9.17) is 20.9 Å². The maximum absolute atomic E-state index is 10.7. The van der Waals surface area contributed by atoms with Crippen molar-refractivity contribution in [3.8, 4) is 5.75 Å². The van der Waals surface area contributed by atoms with Crippen LogP contribution in [0.2, 0.25) is 5.02 Å². The zero-order chi connectivity index (χ0) is 9.14. The van der Waals surface area contributed by atoms with Crippen LogP contribution in [0.3, 0.4) is 0 Å². The molecule has 0 bridgehead atoms. The van der Waals surface area contributed by atoms with Crippen molar-refractivity contribution in [2.75, 3.05) is 7.11 Å². The van der Waals surface area contributed by atoms with E-state index in [0.717, 1.165) is 0 Å². The number of halogens is 1. The Morgan fingerprint density at radius 1 is 1.54 bits per heavy atom. The number of methoxy groups -OCH3 is 1. The Morgan fingerprint density at radius 2 is 2.15 bits per heavy atom. The standard InChI is InChI=1S/C7H7ClO3S.K.H/c1-11-6-3-2-5(8)4-7(6)12(9)10;;/h2-4H,1H3,(H,9,10);;. The van der Waals surface area contributed by atoms with Gasteiger partial charge in [0.05, 0.1) is 7.11 Å². The molecule has 1 N–H and O–H groups in total. The van der Waals surface area contributed by atoms with Crippen LogP contribution in [-0.2, 0) is 11.1 Å². The molecule has 3 nitrogen and oxygen atoms in total. The summed E-state index contributed by atoms with van der Waals surface area (Å²) < 4.78 is 24.3. The Labute approximate surface area is 127 Å². The summed E-state index contributed by atoms with van der Waals surface area (Å²) in [6.07, 6.45) is 0. The molecular weight excluding hydrogens is 239 g/mol. The Kier molecular flexibility index (Phi) is 7.05. The first kappa shape index (κ1) is 14.1. The predicted molar refractivity (Wildman–Crippen MR) is 54.2 cm³/mol. The van der Waals surface area contributed by atoms with E-state index in [0.29, 0.717) is 10.8 Å². The van der Waals surface area contributed by atoms with Gasteiger partial charge in [-0.15, -0.1) is 0 Å². The summed E-state index contributed by atoms with van der Waals surface area (Å²) >= 11 is 3.56. The van der Waals surface area contributed by atoms with Crippen LogP contribution in [0, 0.1) is 0 Å². The van der Waals surface area contributed by atoms with Gasteiger partial charge < -0.3 is 9.29 Å². The van der Waals surface area contributed by atoms with Crippen molar-refractivity contribution in [3.63, 3.8) is 0 Å². The first-order valence-electron chi connectivity index (χ1n) is 3.09. The van der Waals surface area contributed by atoms with Crippen molar-refractivity contribution in [1.82, 2.24) is 0 Å². The molecule has 0 amide bonds. The van der Waals surface area contributed by atoms with E-state index >= 15 is 0 Å². The molecule has 1 atom stereocenters. The summed E-state index contributed by atoms with van der Waals surface area (Å²) in [6.45, 7) is 0. The minimum atomic E-state index is -2.06. The average molecular weight is 247 g/mol. The Balaban J connectivity index is 0.00000144. The third-order valence-corrected chi connectivity index (χ3v) is 2.24. The van der Waals surface area contributed by atoms with Gasteiger partial charge >= 0.3 is 51.4 Å². The molecular formula is C7H8ClKO3S. The molecule has 1 rings (SSSR count).